The summed E-state index contributed by atoms with van der Waals surface area (Å²) >= 11 is 5.41. The number of allylic oxidation sites excluding steroid dienone is 1. The van der Waals surface area contributed by atoms with Crippen LogP contribution in [0.1, 0.15) is 0 Å². The first-order chi connectivity index (χ1) is 3.80. The van der Waals surface area contributed by atoms with E-state index in [1.807, 2.05) is 0 Å². The molecule has 5 heteroatoms. The fourth-order valence-corrected chi connectivity index (χ4v) is 0.947. The minimum Gasteiger partial charge on any atom is -0.340 e. The van der Waals surface area contributed by atoms with E-state index in [1.165, 1.54) is 12.3 Å². The van der Waals surface area contributed by atoms with E-state index in [1.54, 1.807) is 0 Å². The molecule has 0 fully saturated rings. The molecular formula is C3H4ClO3P. The van der Waals surface area contributed by atoms with Gasteiger partial charge in [0, 0.05) is 0 Å². The van der Waals surface area contributed by atoms with E-state index >= 15 is 0 Å². The molecule has 0 aromatic carbocycles. The van der Waals surface area contributed by atoms with Crippen molar-refractivity contribution in [3.8, 4) is 0 Å². The smallest absolute Gasteiger partial charge is 0.258 e. The zero-order chi connectivity index (χ0) is 5.98. The van der Waals surface area contributed by atoms with Gasteiger partial charge < -0.3 is 4.89 Å². The Labute approximate surface area is 52.0 Å². The van der Waals surface area contributed by atoms with Crippen LogP contribution in [-0.2, 0) is 14.1 Å². The minimum atomic E-state index is -2.16. The Morgan fingerprint density at radius 1 is 1.75 bits per heavy atom. The Hall–Kier alpha value is 0.0200. The number of rotatable bonds is 0. The topological polar surface area (TPSA) is 35.5 Å². The van der Waals surface area contributed by atoms with Crippen LogP contribution in [0, 0.1) is 0 Å². The van der Waals surface area contributed by atoms with Gasteiger partial charge in [0.2, 0.25) is 0 Å². The molecule has 2 unspecified atom stereocenters. The Morgan fingerprint density at radius 3 is 2.88 bits per heavy atom. The summed E-state index contributed by atoms with van der Waals surface area (Å²) in [4.78, 5) is 4.22. The predicted octanol–water partition coefficient (Wildman–Crippen LogP) is 1.50. The van der Waals surface area contributed by atoms with Crippen molar-refractivity contribution in [2.45, 2.75) is 5.12 Å². The highest BCUT2D eigenvalue weighted by molar-refractivity contribution is 7.42. The van der Waals surface area contributed by atoms with Crippen molar-refractivity contribution < 1.29 is 14.1 Å². The van der Waals surface area contributed by atoms with Crippen LogP contribution >= 0.6 is 19.6 Å². The molecule has 1 heterocycles. The average molecular weight is 154 g/mol. The van der Waals surface area contributed by atoms with E-state index < -0.39 is 13.1 Å². The summed E-state index contributed by atoms with van der Waals surface area (Å²) in [7, 11) is -2.16. The molecular weight excluding hydrogens is 150 g/mol. The largest absolute Gasteiger partial charge is 0.340 e. The van der Waals surface area contributed by atoms with Gasteiger partial charge >= 0.3 is 0 Å². The monoisotopic (exact) mass is 154 g/mol. The Balaban J connectivity index is 2.60. The molecule has 8 heavy (non-hydrogen) atoms. The van der Waals surface area contributed by atoms with Crippen LogP contribution in [0.25, 0.3) is 0 Å². The number of hydrogen-bond donors (Lipinski definition) is 0. The zero-order valence-electron chi connectivity index (χ0n) is 3.83. The first-order valence-electron chi connectivity index (χ1n) is 1.98. The molecule has 46 valence electrons. The molecule has 0 saturated heterocycles. The van der Waals surface area contributed by atoms with Gasteiger partial charge in [0.05, 0.1) is 0 Å². The molecule has 1 aliphatic heterocycles. The normalized spacial score (nSPS) is 36.6. The summed E-state index contributed by atoms with van der Waals surface area (Å²) in [5.41, 5.74) is 0. The van der Waals surface area contributed by atoms with E-state index in [2.05, 4.69) is 9.56 Å². The summed E-state index contributed by atoms with van der Waals surface area (Å²) in [5.74, 6) is 0. The minimum absolute atomic E-state index is 0.506. The second kappa shape index (κ2) is 2.53. The van der Waals surface area contributed by atoms with Crippen LogP contribution < -0.4 is 0 Å². The van der Waals surface area contributed by atoms with E-state index in [0.29, 0.717) is 0 Å². The van der Waals surface area contributed by atoms with Crippen LogP contribution in [0.15, 0.2) is 12.3 Å². The summed E-state index contributed by atoms with van der Waals surface area (Å²) in [6.07, 6.45) is 2.75. The molecule has 0 spiro atoms. The summed E-state index contributed by atoms with van der Waals surface area (Å²) in [6.45, 7) is 0. The molecule has 0 aromatic rings. The molecule has 1 aliphatic rings. The van der Waals surface area contributed by atoms with Gasteiger partial charge in [-0.15, -0.1) is 16.3 Å². The van der Waals surface area contributed by atoms with Crippen LogP contribution in [0.3, 0.4) is 0 Å². The second-order valence-corrected chi connectivity index (χ2v) is 3.49. The average Bonchev–Trinajstić information content (AvgIpc) is 1.77. The first kappa shape index (κ1) is 6.14. The second-order valence-electron chi connectivity index (χ2n) is 1.23. The predicted molar refractivity (Wildman–Crippen MR) is 30.0 cm³/mol. The fraction of sp³-hybridized carbons (Fsp3) is 0.333. The molecule has 0 bridgehead atoms. The lowest BCUT2D eigenvalue weighted by Crippen LogP contribution is -1.94. The van der Waals surface area contributed by atoms with Crippen LogP contribution in [0.2, 0.25) is 0 Å². The van der Waals surface area contributed by atoms with Gasteiger partial charge in [-0.25, -0.2) is 0 Å². The Morgan fingerprint density at radius 2 is 2.50 bits per heavy atom. The van der Waals surface area contributed by atoms with Crippen molar-refractivity contribution in [2.24, 2.45) is 0 Å². The Bertz CT molecular complexity index is 134. The third kappa shape index (κ3) is 1.25. The van der Waals surface area contributed by atoms with E-state index in [4.69, 9.17) is 11.6 Å². The van der Waals surface area contributed by atoms with Gasteiger partial charge in [-0.1, -0.05) is 0 Å². The first-order valence-corrected chi connectivity index (χ1v) is 3.81. The highest BCUT2D eigenvalue weighted by atomic mass is 35.5. The van der Waals surface area contributed by atoms with Crippen molar-refractivity contribution in [3.63, 3.8) is 0 Å². The van der Waals surface area contributed by atoms with Crippen molar-refractivity contribution in [1.82, 2.24) is 0 Å². The standard InChI is InChI=1S/C3H4ClO3P/c4-3-1-2-6-7-8(3)5/h1-3,8H. The molecule has 2 atom stereocenters. The van der Waals surface area contributed by atoms with Crippen molar-refractivity contribution in [1.29, 1.82) is 0 Å². The molecule has 0 amide bonds. The maximum absolute atomic E-state index is 10.4. The summed E-state index contributed by atoms with van der Waals surface area (Å²) in [6, 6.07) is 0. The quantitative estimate of drug-likeness (QED) is 0.301. The van der Waals surface area contributed by atoms with Crippen LogP contribution in [-0.4, -0.2) is 5.12 Å². The zero-order valence-corrected chi connectivity index (χ0v) is 5.59. The SMILES string of the molecule is O=[PH]1OOC=CC1Cl. The Kier molecular flexibility index (Phi) is 1.95. The third-order valence-electron chi connectivity index (χ3n) is 0.659. The van der Waals surface area contributed by atoms with Gasteiger partial charge in [-0.3, -0.25) is 4.57 Å². The lowest BCUT2D eigenvalue weighted by molar-refractivity contribution is -0.145. The van der Waals surface area contributed by atoms with E-state index in [0.717, 1.165) is 0 Å². The molecule has 0 N–H and O–H groups in total. The lowest BCUT2D eigenvalue weighted by atomic mass is 10.7. The lowest BCUT2D eigenvalue weighted by Gasteiger charge is -2.07. The van der Waals surface area contributed by atoms with Crippen LogP contribution in [0.4, 0.5) is 0 Å². The van der Waals surface area contributed by atoms with Gasteiger partial charge in [-0.05, 0) is 6.08 Å². The summed E-state index contributed by atoms with van der Waals surface area (Å²) < 4.78 is 14.7. The van der Waals surface area contributed by atoms with E-state index in [9.17, 15) is 4.57 Å². The maximum atomic E-state index is 10.4. The molecule has 3 nitrogen and oxygen atoms in total. The summed E-state index contributed by atoms with van der Waals surface area (Å²) in [5, 5.41) is -0.506. The van der Waals surface area contributed by atoms with Gasteiger partial charge in [0.25, 0.3) is 8.03 Å². The molecule has 0 aliphatic carbocycles. The van der Waals surface area contributed by atoms with E-state index in [-0.39, 0.29) is 0 Å². The number of hydrogen-bond acceptors (Lipinski definition) is 3. The van der Waals surface area contributed by atoms with Gasteiger partial charge in [0.1, 0.15) is 11.4 Å². The fourth-order valence-electron chi connectivity index (χ4n) is 0.301. The van der Waals surface area contributed by atoms with Crippen molar-refractivity contribution >= 4 is 19.6 Å². The van der Waals surface area contributed by atoms with Gasteiger partial charge in [0.15, 0.2) is 0 Å². The highest BCUT2D eigenvalue weighted by Gasteiger charge is 2.14. The van der Waals surface area contributed by atoms with Crippen LogP contribution in [0.5, 0.6) is 0 Å². The maximum Gasteiger partial charge on any atom is 0.258 e. The molecule has 1 rings (SSSR count). The highest BCUT2D eigenvalue weighted by Crippen LogP contribution is 2.36. The van der Waals surface area contributed by atoms with Crippen molar-refractivity contribution in [3.05, 3.63) is 12.3 Å². The molecule has 0 radical (unpaired) electrons. The number of halogens is 1. The number of alkyl halides is 1. The van der Waals surface area contributed by atoms with Crippen molar-refractivity contribution in [2.75, 3.05) is 0 Å². The molecule has 0 saturated carbocycles. The molecule has 0 aromatic heterocycles. The third-order valence-corrected chi connectivity index (χ3v) is 2.24. The van der Waals surface area contributed by atoms with Gasteiger partial charge in [-0.2, -0.15) is 0 Å².